The smallest absolute Gasteiger partial charge is 1.00 e. The van der Waals surface area contributed by atoms with Crippen LogP contribution in [0.15, 0.2) is 134 Å². The molecule has 0 bridgehead atoms. The number of ether oxygens (including phenoxy) is 5. The molecular weight excluding hydrogens is 1410 g/mol. The molecule has 4 heterocycles. The van der Waals surface area contributed by atoms with Crippen molar-refractivity contribution in [3.63, 3.8) is 0 Å². The number of aliphatic hydroxyl groups is 1. The van der Waals surface area contributed by atoms with Crippen molar-refractivity contribution >= 4 is 75.6 Å². The standard InChI is InChI=1S/C38H49FN4O5S.C17H23NO5.C16H21NO5.C2H6O4S.ClH.Na.H/c1-35(2,3)48-34(45)43-25-37(47-7,27-13-9-8-10-14-27)24-31(43)33(44)41-30-23-28(18-19-29(30)39)38(21-20-26-16-17-26,32-15-11-12-22-40-32)42-49(46)36(4,5)6;1-16(2,3)23-15(21)18-11-17(22-4,10-13(18)14(19)20)12-8-6-5-7-9-12;1-15(2,3)22-14(20)17-10-16(21,9-12(17)13(18)19)11-7-5-4-6-8-11;1-5-7(3,4)6-2;;;/h8-15,18-19,22-23,26,31,42H,16-17,20-21,24-25H2,1-7H3,(H,41,44);5-9,13H,10-11H2,1-4H3,(H,19,20);4-8,12,21H,9-10H2,1-3H3,(H,18,19);1-2H3;1H;;/q;;;;;+1;-1/t31-,37-,38?,49+;13-,17-;12-,16-;;;;/m111..../s1. The SMILES string of the molecule is CC(C)(C)OC(=O)N1C[C@@](O)(c2ccccc2)C[C@@H]1C(=O)O.COS(=O)(=O)OC.CO[C@]1(c2ccccc2)C[C@H](C(=O)Nc2cc(C(CCC3CC3)(N[S@@](=O)C(C)(C)C)c3ccccn3)ccc2F)N(C(=O)OC(C)(C)C)C1.CO[C@]1(c2ccccc2)C[C@H](C(=O)O)N(C(=O)OC(C)(C)C)C1.Cl.[H-].[Na+]. The number of halogens is 2. The van der Waals surface area contributed by atoms with Crippen molar-refractivity contribution in [1.82, 2.24) is 24.4 Å². The number of carbonyl (C=O) groups excluding carboxylic acids is 4. The second-order valence-corrected chi connectivity index (χ2v) is 32.6. The maximum atomic E-state index is 15.7. The number of amides is 4. The van der Waals surface area contributed by atoms with Crippen LogP contribution < -0.4 is 39.6 Å². The minimum Gasteiger partial charge on any atom is -1.00 e. The van der Waals surface area contributed by atoms with Gasteiger partial charge in [0.2, 0.25) is 5.91 Å². The Labute approximate surface area is 636 Å². The number of pyridine rings is 1. The molecule has 8 atom stereocenters. The molecule has 1 saturated carbocycles. The monoisotopic (exact) mass is 1510 g/mol. The number of carboxylic acid groups (broad SMARTS) is 2. The minimum atomic E-state index is -3.66. The van der Waals surface area contributed by atoms with E-state index in [4.69, 9.17) is 28.7 Å². The number of likely N-dealkylation sites (tertiary alicyclic amines) is 3. The van der Waals surface area contributed by atoms with Crippen LogP contribution in [0.4, 0.5) is 24.5 Å². The van der Waals surface area contributed by atoms with Gasteiger partial charge in [0, 0.05) is 39.7 Å². The second-order valence-electron chi connectivity index (χ2n) is 29.2. The van der Waals surface area contributed by atoms with Crippen LogP contribution >= 0.6 is 12.4 Å². The molecule has 103 heavy (non-hydrogen) atoms. The Kier molecular flexibility index (Phi) is 31.5. The molecule has 4 aromatic carbocycles. The van der Waals surface area contributed by atoms with E-state index in [1.54, 1.807) is 112 Å². The van der Waals surface area contributed by atoms with Gasteiger partial charge in [0.05, 0.1) is 66.5 Å². The van der Waals surface area contributed by atoms with Crippen LogP contribution in [0.1, 0.15) is 157 Å². The van der Waals surface area contributed by atoms with Gasteiger partial charge in [0.15, 0.2) is 0 Å². The van der Waals surface area contributed by atoms with E-state index in [1.165, 1.54) is 23.0 Å². The van der Waals surface area contributed by atoms with Crippen LogP contribution in [0.25, 0.3) is 0 Å². The molecule has 1 unspecified atom stereocenters. The number of methoxy groups -OCH3 is 2. The zero-order valence-corrected chi connectivity index (χ0v) is 66.3. The molecule has 1 aromatic heterocycles. The number of nitrogens with one attached hydrogen (secondary N) is 2. The van der Waals surface area contributed by atoms with Crippen LogP contribution in [0.5, 0.6) is 0 Å². The Morgan fingerprint density at radius 2 is 1.01 bits per heavy atom. The first-order valence-corrected chi connectivity index (χ1v) is 35.5. The van der Waals surface area contributed by atoms with E-state index in [1.807, 2.05) is 106 Å². The third-order valence-corrected chi connectivity index (χ3v) is 19.6. The zero-order valence-electron chi connectivity index (χ0n) is 62.8. The van der Waals surface area contributed by atoms with Gasteiger partial charge in [-0.1, -0.05) is 116 Å². The van der Waals surface area contributed by atoms with Crippen molar-refractivity contribution in [1.29, 1.82) is 0 Å². The quantitative estimate of drug-likeness (QED) is 0.0404. The van der Waals surface area contributed by atoms with Crippen LogP contribution in [-0.4, -0.2) is 172 Å². The summed E-state index contributed by atoms with van der Waals surface area (Å²) < 4.78 is 87.8. The summed E-state index contributed by atoms with van der Waals surface area (Å²) in [5.41, 5.74) is -3.03. The summed E-state index contributed by atoms with van der Waals surface area (Å²) in [5.74, 6) is -2.89. The summed E-state index contributed by atoms with van der Waals surface area (Å²) >= 11 is 0. The van der Waals surface area contributed by atoms with Gasteiger partial charge in [-0.25, -0.2) is 37.3 Å². The summed E-state index contributed by atoms with van der Waals surface area (Å²) in [6, 6.07) is 34.6. The number of carbonyl (C=O) groups is 6. The molecule has 0 radical (unpaired) electrons. The summed E-state index contributed by atoms with van der Waals surface area (Å²) in [6.07, 6.45) is 3.59. The van der Waals surface area contributed by atoms with E-state index in [0.717, 1.165) is 49.5 Å². The first kappa shape index (κ1) is 88.7. The summed E-state index contributed by atoms with van der Waals surface area (Å²) in [4.78, 5) is 83.8. The number of hydrogen-bond donors (Lipinski definition) is 5. The Morgan fingerprint density at radius 3 is 1.39 bits per heavy atom. The molecule has 1 aliphatic carbocycles. The van der Waals surface area contributed by atoms with Crippen LogP contribution in [0, 0.1) is 11.7 Å². The van der Waals surface area contributed by atoms with Gasteiger partial charge in [0.25, 0.3) is 0 Å². The minimum absolute atomic E-state index is 0. The van der Waals surface area contributed by atoms with E-state index in [-0.39, 0.29) is 88.0 Å². The van der Waals surface area contributed by atoms with Crippen molar-refractivity contribution in [3.8, 4) is 0 Å². The van der Waals surface area contributed by atoms with Crippen molar-refractivity contribution < 1.29 is 124 Å². The number of nitrogens with zero attached hydrogens (tertiary/aromatic N) is 4. The molecular formula is C73H101ClFN6NaO19S2. The van der Waals surface area contributed by atoms with Crippen LogP contribution in [0.2, 0.25) is 0 Å². The number of aliphatic carboxylic acids is 2. The summed E-state index contributed by atoms with van der Waals surface area (Å²) in [7, 11) is -0.0357. The number of aromatic nitrogens is 1. The molecule has 0 spiro atoms. The summed E-state index contributed by atoms with van der Waals surface area (Å²) in [5, 5.41) is 32.4. The van der Waals surface area contributed by atoms with Gasteiger partial charge >= 0.3 is 70.2 Å². The first-order chi connectivity index (χ1) is 47.0. The van der Waals surface area contributed by atoms with Crippen molar-refractivity contribution in [3.05, 3.63) is 167 Å². The largest absolute Gasteiger partial charge is 1.00 e. The fourth-order valence-electron chi connectivity index (χ4n) is 11.7. The molecule has 30 heteroatoms. The van der Waals surface area contributed by atoms with Gasteiger partial charge in [-0.2, -0.15) is 8.42 Å². The molecule has 564 valence electrons. The maximum Gasteiger partial charge on any atom is 1.00 e. The molecule has 4 fully saturated rings. The number of hydrogen-bond acceptors (Lipinski definition) is 18. The van der Waals surface area contributed by atoms with E-state index in [2.05, 4.69) is 18.4 Å². The average Bonchev–Trinajstić information content (AvgIpc) is 1.37. The third kappa shape index (κ3) is 24.2. The molecule has 5 aromatic rings. The molecule has 3 saturated heterocycles. The number of rotatable bonds is 18. The Balaban J connectivity index is 0.000000425. The van der Waals surface area contributed by atoms with Gasteiger partial charge < -0.3 is 45.7 Å². The fraction of sp³-hybridized carbons (Fsp3) is 0.521. The second kappa shape index (κ2) is 36.6. The molecule has 4 amide bonds. The van der Waals surface area contributed by atoms with Gasteiger partial charge in [-0.3, -0.25) is 32.8 Å². The predicted octanol–water partition coefficient (Wildman–Crippen LogP) is 8.85. The number of anilines is 1. The van der Waals surface area contributed by atoms with Crippen molar-refractivity contribution in [2.24, 2.45) is 5.92 Å². The Bertz CT molecular complexity index is 3790. The van der Waals surface area contributed by atoms with E-state index in [0.29, 0.717) is 29.2 Å². The molecule has 3 aliphatic heterocycles. The van der Waals surface area contributed by atoms with Gasteiger partial charge in [0.1, 0.15) is 57.5 Å². The first-order valence-electron chi connectivity index (χ1n) is 33.0. The molecule has 5 N–H and O–H groups in total. The topological polar surface area (TPSA) is 326 Å². The summed E-state index contributed by atoms with van der Waals surface area (Å²) in [6.45, 7) is 21.4. The van der Waals surface area contributed by atoms with Crippen LogP contribution in [0.3, 0.4) is 0 Å². The third-order valence-electron chi connectivity index (χ3n) is 17.1. The zero-order chi connectivity index (χ0) is 75.3. The number of benzene rings is 4. The average molecular weight is 1510 g/mol. The Morgan fingerprint density at radius 1 is 0.602 bits per heavy atom. The van der Waals surface area contributed by atoms with Crippen LogP contribution in [-0.2, 0) is 90.2 Å². The van der Waals surface area contributed by atoms with E-state index < -0.39 is 125 Å². The van der Waals surface area contributed by atoms with Crippen molar-refractivity contribution in [2.75, 3.05) is 53.4 Å². The molecule has 4 aliphatic rings. The molecule has 9 rings (SSSR count). The van der Waals surface area contributed by atoms with E-state index in [9.17, 15) is 56.7 Å². The normalized spacial score (nSPS) is 21.9. The Hall–Kier alpha value is -6.67. The number of β-amino-alcohol motifs (C(OH)–C–C–N with tert-alkyl or cyclic N) is 1. The predicted molar refractivity (Wildman–Crippen MR) is 384 cm³/mol. The number of carboxylic acids is 2. The fourth-order valence-corrected chi connectivity index (χ4v) is 12.8. The molecule has 25 nitrogen and oxygen atoms in total. The van der Waals surface area contributed by atoms with Gasteiger partial charge in [-0.05, 0) is 148 Å². The van der Waals surface area contributed by atoms with E-state index >= 15 is 4.39 Å². The van der Waals surface area contributed by atoms with Crippen molar-refractivity contribution in [2.45, 2.75) is 190 Å². The van der Waals surface area contributed by atoms with Gasteiger partial charge in [-0.15, -0.1) is 12.4 Å². The maximum absolute atomic E-state index is 15.7.